The number of hydrogen-bond acceptors (Lipinski definition) is 2. The molecule has 1 rings (SSSR count). The minimum absolute atomic E-state index is 0. The molecule has 0 aliphatic heterocycles. The highest BCUT2D eigenvalue weighted by atomic mass is 79.9. The maximum absolute atomic E-state index is 5.43. The summed E-state index contributed by atoms with van der Waals surface area (Å²) < 4.78 is 2.84. The van der Waals surface area contributed by atoms with Crippen molar-refractivity contribution in [3.63, 3.8) is 0 Å². The number of halogens is 3. The third kappa shape index (κ3) is 2.62. The number of aromatic nitrogens is 2. The average Bonchev–Trinajstić information content (AvgIpc) is 2.17. The lowest BCUT2D eigenvalue weighted by Gasteiger charge is -1.89. The molecule has 0 aliphatic carbocycles. The maximum atomic E-state index is 5.43. The van der Waals surface area contributed by atoms with Gasteiger partial charge in [0.15, 0.2) is 0 Å². The standard InChI is InChI=1S/C6H10BrN3.2ClH/c1-4-6(7)5(3-8)9-10(4)2;;/h3,8H2,1-2H3;2*1H. The van der Waals surface area contributed by atoms with Crippen LogP contribution in [0.25, 0.3) is 0 Å². The van der Waals surface area contributed by atoms with Crippen LogP contribution in [0.2, 0.25) is 0 Å². The summed E-state index contributed by atoms with van der Waals surface area (Å²) in [7, 11) is 1.90. The van der Waals surface area contributed by atoms with E-state index in [1.54, 1.807) is 0 Å². The molecular formula is C6H12BrCl2N3. The summed E-state index contributed by atoms with van der Waals surface area (Å²) in [6, 6.07) is 0. The van der Waals surface area contributed by atoms with E-state index in [0.29, 0.717) is 6.54 Å². The molecule has 0 saturated heterocycles. The summed E-state index contributed by atoms with van der Waals surface area (Å²) in [5.74, 6) is 0. The van der Waals surface area contributed by atoms with Gasteiger partial charge < -0.3 is 5.73 Å². The van der Waals surface area contributed by atoms with E-state index in [-0.39, 0.29) is 24.8 Å². The van der Waals surface area contributed by atoms with Crippen molar-refractivity contribution in [3.8, 4) is 0 Å². The Morgan fingerprint density at radius 3 is 2.17 bits per heavy atom. The molecule has 72 valence electrons. The molecule has 3 nitrogen and oxygen atoms in total. The smallest absolute Gasteiger partial charge is 0.0904 e. The quantitative estimate of drug-likeness (QED) is 0.850. The molecule has 0 spiro atoms. The van der Waals surface area contributed by atoms with Crippen LogP contribution in [0, 0.1) is 6.92 Å². The molecule has 0 aromatic carbocycles. The second-order valence-corrected chi connectivity index (χ2v) is 2.97. The molecule has 0 bridgehead atoms. The first kappa shape index (κ1) is 14.7. The Morgan fingerprint density at radius 1 is 1.50 bits per heavy atom. The molecule has 0 atom stereocenters. The Bertz CT molecular complexity index is 249. The largest absolute Gasteiger partial charge is 0.325 e. The van der Waals surface area contributed by atoms with Crippen LogP contribution in [0.4, 0.5) is 0 Å². The van der Waals surface area contributed by atoms with Crippen LogP contribution in [0.3, 0.4) is 0 Å². The van der Waals surface area contributed by atoms with E-state index in [2.05, 4.69) is 21.0 Å². The van der Waals surface area contributed by atoms with Crippen molar-refractivity contribution in [1.82, 2.24) is 9.78 Å². The number of nitrogens with zero attached hydrogens (tertiary/aromatic N) is 2. The number of rotatable bonds is 1. The first-order chi connectivity index (χ1) is 4.66. The summed E-state index contributed by atoms with van der Waals surface area (Å²) in [5, 5.41) is 4.17. The maximum Gasteiger partial charge on any atom is 0.0904 e. The number of aryl methyl sites for hydroxylation is 1. The zero-order chi connectivity index (χ0) is 7.72. The molecule has 12 heavy (non-hydrogen) atoms. The normalized spacial score (nSPS) is 8.67. The van der Waals surface area contributed by atoms with E-state index >= 15 is 0 Å². The van der Waals surface area contributed by atoms with Crippen molar-refractivity contribution >= 4 is 40.7 Å². The zero-order valence-corrected chi connectivity index (χ0v) is 10.1. The van der Waals surface area contributed by atoms with E-state index in [1.165, 1.54) is 0 Å². The Hall–Kier alpha value is 0.230. The van der Waals surface area contributed by atoms with Gasteiger partial charge in [-0.05, 0) is 22.9 Å². The van der Waals surface area contributed by atoms with Crippen molar-refractivity contribution in [2.45, 2.75) is 13.5 Å². The predicted molar refractivity (Wildman–Crippen MR) is 58.0 cm³/mol. The van der Waals surface area contributed by atoms with Gasteiger partial charge in [-0.15, -0.1) is 24.8 Å². The highest BCUT2D eigenvalue weighted by Crippen LogP contribution is 2.18. The third-order valence-corrected chi connectivity index (χ3v) is 2.55. The van der Waals surface area contributed by atoms with Crippen LogP contribution in [0.15, 0.2) is 4.47 Å². The fourth-order valence-corrected chi connectivity index (χ4v) is 1.28. The molecule has 0 radical (unpaired) electrons. The third-order valence-electron chi connectivity index (χ3n) is 1.52. The van der Waals surface area contributed by atoms with Gasteiger partial charge in [0.05, 0.1) is 10.2 Å². The van der Waals surface area contributed by atoms with E-state index in [4.69, 9.17) is 5.73 Å². The van der Waals surface area contributed by atoms with E-state index in [9.17, 15) is 0 Å². The fraction of sp³-hybridized carbons (Fsp3) is 0.500. The average molecular weight is 277 g/mol. The van der Waals surface area contributed by atoms with Gasteiger partial charge in [-0.3, -0.25) is 4.68 Å². The predicted octanol–water partition coefficient (Wildman–Crippen LogP) is 1.79. The minimum Gasteiger partial charge on any atom is -0.325 e. The van der Waals surface area contributed by atoms with Crippen LogP contribution < -0.4 is 5.73 Å². The highest BCUT2D eigenvalue weighted by molar-refractivity contribution is 9.10. The second-order valence-electron chi connectivity index (χ2n) is 2.17. The van der Waals surface area contributed by atoms with Gasteiger partial charge in [0.25, 0.3) is 0 Å². The lowest BCUT2D eigenvalue weighted by Crippen LogP contribution is -1.99. The van der Waals surface area contributed by atoms with E-state index in [1.807, 2.05) is 18.7 Å². The Labute approximate surface area is 92.6 Å². The van der Waals surface area contributed by atoms with Crippen LogP contribution in [-0.4, -0.2) is 9.78 Å². The van der Waals surface area contributed by atoms with Gasteiger partial charge in [0.1, 0.15) is 0 Å². The van der Waals surface area contributed by atoms with Gasteiger partial charge in [-0.25, -0.2) is 0 Å². The molecular weight excluding hydrogens is 265 g/mol. The summed E-state index contributed by atoms with van der Waals surface area (Å²) >= 11 is 3.40. The topological polar surface area (TPSA) is 43.8 Å². The van der Waals surface area contributed by atoms with Gasteiger partial charge in [-0.1, -0.05) is 0 Å². The minimum atomic E-state index is 0. The summed E-state index contributed by atoms with van der Waals surface area (Å²) in [6.45, 7) is 2.48. The van der Waals surface area contributed by atoms with Gasteiger partial charge in [0.2, 0.25) is 0 Å². The van der Waals surface area contributed by atoms with E-state index < -0.39 is 0 Å². The first-order valence-electron chi connectivity index (χ1n) is 3.05. The fourth-order valence-electron chi connectivity index (χ4n) is 0.781. The molecule has 1 aromatic rings. The van der Waals surface area contributed by atoms with Crippen LogP contribution in [0.1, 0.15) is 11.4 Å². The van der Waals surface area contributed by atoms with Gasteiger partial charge in [-0.2, -0.15) is 5.10 Å². The SMILES string of the molecule is Cc1c(Br)c(CN)nn1C.Cl.Cl. The molecule has 0 amide bonds. The lowest BCUT2D eigenvalue weighted by atomic mass is 10.4. The van der Waals surface area contributed by atoms with Crippen molar-refractivity contribution in [3.05, 3.63) is 15.9 Å². The van der Waals surface area contributed by atoms with Crippen molar-refractivity contribution in [2.24, 2.45) is 12.8 Å². The van der Waals surface area contributed by atoms with Crippen LogP contribution >= 0.6 is 40.7 Å². The molecule has 6 heteroatoms. The molecule has 0 fully saturated rings. The highest BCUT2D eigenvalue weighted by Gasteiger charge is 2.06. The Morgan fingerprint density at radius 2 is 2.00 bits per heavy atom. The molecule has 0 aliphatic rings. The second kappa shape index (κ2) is 5.80. The van der Waals surface area contributed by atoms with E-state index in [0.717, 1.165) is 15.9 Å². The summed E-state index contributed by atoms with van der Waals surface area (Å²) in [5.41, 5.74) is 7.46. The monoisotopic (exact) mass is 275 g/mol. The Kier molecular flexibility index (Phi) is 7.13. The summed E-state index contributed by atoms with van der Waals surface area (Å²) in [4.78, 5) is 0. The number of hydrogen-bond donors (Lipinski definition) is 1. The molecule has 1 aromatic heterocycles. The van der Waals surface area contributed by atoms with Crippen LogP contribution in [-0.2, 0) is 13.6 Å². The number of nitrogens with two attached hydrogens (primary N) is 1. The summed E-state index contributed by atoms with van der Waals surface area (Å²) in [6.07, 6.45) is 0. The first-order valence-corrected chi connectivity index (χ1v) is 3.84. The lowest BCUT2D eigenvalue weighted by molar-refractivity contribution is 0.720. The molecule has 0 unspecified atom stereocenters. The molecule has 0 saturated carbocycles. The molecule has 1 heterocycles. The molecule has 2 N–H and O–H groups in total. The van der Waals surface area contributed by atoms with Crippen molar-refractivity contribution in [2.75, 3.05) is 0 Å². The van der Waals surface area contributed by atoms with Crippen molar-refractivity contribution < 1.29 is 0 Å². The Balaban J connectivity index is 0. The van der Waals surface area contributed by atoms with Crippen LogP contribution in [0.5, 0.6) is 0 Å². The van der Waals surface area contributed by atoms with Gasteiger partial charge >= 0.3 is 0 Å². The van der Waals surface area contributed by atoms with Crippen molar-refractivity contribution in [1.29, 1.82) is 0 Å². The zero-order valence-electron chi connectivity index (χ0n) is 6.87. The van der Waals surface area contributed by atoms with Gasteiger partial charge in [0, 0.05) is 19.3 Å².